The van der Waals surface area contributed by atoms with Crippen molar-refractivity contribution in [2.75, 3.05) is 0 Å². The normalized spacial score (nSPS) is 12.7. The van der Waals surface area contributed by atoms with Gasteiger partial charge in [-0.15, -0.1) is 0 Å². The molecule has 0 amide bonds. The first-order chi connectivity index (χ1) is 11.2. The quantitative estimate of drug-likeness (QED) is 0.541. The zero-order valence-electron chi connectivity index (χ0n) is 12.4. The Morgan fingerprint density at radius 1 is 0.739 bits per heavy atom. The fourth-order valence-corrected chi connectivity index (χ4v) is 2.87. The molecule has 0 unspecified atom stereocenters. The van der Waals surface area contributed by atoms with E-state index < -0.39 is 0 Å². The molecule has 0 saturated carbocycles. The molecule has 1 aromatic heterocycles. The van der Waals surface area contributed by atoms with Crippen LogP contribution < -0.4 is 0 Å². The summed E-state index contributed by atoms with van der Waals surface area (Å²) >= 11 is 0. The van der Waals surface area contributed by atoms with Crippen LogP contribution in [0.2, 0.25) is 0 Å². The van der Waals surface area contributed by atoms with Crippen molar-refractivity contribution in [3.63, 3.8) is 0 Å². The standard InChI is InChI=1S/C19H12N2O2/c1-11-15-16(21-19(20-11)12-7-3-2-4-8-12)18(23)14-10-6-5-9-13(14)17(15)22/h2-10H,1H3. The minimum Gasteiger partial charge on any atom is -0.288 e. The second-order valence-corrected chi connectivity index (χ2v) is 5.43. The van der Waals surface area contributed by atoms with E-state index in [4.69, 9.17) is 0 Å². The van der Waals surface area contributed by atoms with Crippen LogP contribution in [0.3, 0.4) is 0 Å². The fourth-order valence-electron chi connectivity index (χ4n) is 2.87. The second kappa shape index (κ2) is 4.95. The maximum Gasteiger partial charge on any atom is 0.213 e. The summed E-state index contributed by atoms with van der Waals surface area (Å²) < 4.78 is 0. The van der Waals surface area contributed by atoms with Crippen molar-refractivity contribution in [1.29, 1.82) is 0 Å². The molecule has 3 aromatic rings. The predicted octanol–water partition coefficient (Wildman–Crippen LogP) is 3.23. The molecule has 1 aliphatic rings. The third kappa shape index (κ3) is 1.99. The van der Waals surface area contributed by atoms with Gasteiger partial charge in [-0.05, 0) is 6.92 Å². The van der Waals surface area contributed by atoms with E-state index in [2.05, 4.69) is 9.97 Å². The smallest absolute Gasteiger partial charge is 0.213 e. The largest absolute Gasteiger partial charge is 0.288 e. The zero-order valence-corrected chi connectivity index (χ0v) is 12.4. The number of carbonyl (C=O) groups excluding carboxylic acids is 2. The molecule has 0 N–H and O–H groups in total. The van der Waals surface area contributed by atoms with Crippen LogP contribution in [0.4, 0.5) is 0 Å². The Labute approximate surface area is 132 Å². The summed E-state index contributed by atoms with van der Waals surface area (Å²) in [5.41, 5.74) is 2.68. The van der Waals surface area contributed by atoms with Gasteiger partial charge in [0, 0.05) is 16.7 Å². The molecule has 0 fully saturated rings. The van der Waals surface area contributed by atoms with Crippen LogP contribution in [-0.2, 0) is 0 Å². The molecule has 23 heavy (non-hydrogen) atoms. The average molecular weight is 300 g/mol. The summed E-state index contributed by atoms with van der Waals surface area (Å²) in [6, 6.07) is 16.3. The molecule has 110 valence electrons. The molecule has 1 aliphatic carbocycles. The summed E-state index contributed by atoms with van der Waals surface area (Å²) in [6.45, 7) is 1.74. The van der Waals surface area contributed by atoms with E-state index in [0.29, 0.717) is 28.2 Å². The first-order valence-electron chi connectivity index (χ1n) is 7.29. The second-order valence-electron chi connectivity index (χ2n) is 5.43. The van der Waals surface area contributed by atoms with Gasteiger partial charge in [0.05, 0.1) is 11.3 Å². The average Bonchev–Trinajstić information content (AvgIpc) is 2.60. The van der Waals surface area contributed by atoms with Gasteiger partial charge < -0.3 is 0 Å². The van der Waals surface area contributed by atoms with E-state index in [1.165, 1.54) is 0 Å². The van der Waals surface area contributed by atoms with Crippen LogP contribution in [0.5, 0.6) is 0 Å². The highest BCUT2D eigenvalue weighted by atomic mass is 16.1. The lowest BCUT2D eigenvalue weighted by atomic mass is 9.86. The first-order valence-corrected chi connectivity index (χ1v) is 7.29. The Balaban J connectivity index is 1.97. The Bertz CT molecular complexity index is 962. The number of aromatic nitrogens is 2. The first kappa shape index (κ1) is 13.5. The molecule has 2 aromatic carbocycles. The summed E-state index contributed by atoms with van der Waals surface area (Å²) in [5.74, 6) is 0.0487. The highest BCUT2D eigenvalue weighted by Crippen LogP contribution is 2.29. The molecule has 0 bridgehead atoms. The van der Waals surface area contributed by atoms with Crippen molar-refractivity contribution < 1.29 is 9.59 Å². The highest BCUT2D eigenvalue weighted by Gasteiger charge is 2.33. The lowest BCUT2D eigenvalue weighted by molar-refractivity contribution is 0.0974. The summed E-state index contributed by atoms with van der Waals surface area (Å²) in [4.78, 5) is 34.3. The van der Waals surface area contributed by atoms with Crippen LogP contribution >= 0.6 is 0 Å². The van der Waals surface area contributed by atoms with E-state index in [1.54, 1.807) is 31.2 Å². The Kier molecular flexibility index (Phi) is 2.91. The number of aryl methyl sites for hydroxylation is 1. The van der Waals surface area contributed by atoms with E-state index in [0.717, 1.165) is 5.56 Å². The summed E-state index contributed by atoms with van der Waals surface area (Å²) in [6.07, 6.45) is 0. The van der Waals surface area contributed by atoms with Gasteiger partial charge in [-0.25, -0.2) is 9.97 Å². The van der Waals surface area contributed by atoms with Crippen molar-refractivity contribution in [3.05, 3.63) is 82.7 Å². The molecule has 1 heterocycles. The van der Waals surface area contributed by atoms with Crippen LogP contribution in [0, 0.1) is 6.92 Å². The minimum atomic E-state index is -0.224. The van der Waals surface area contributed by atoms with Gasteiger partial charge >= 0.3 is 0 Å². The van der Waals surface area contributed by atoms with Crippen molar-refractivity contribution >= 4 is 11.6 Å². The fraction of sp³-hybridized carbons (Fsp3) is 0.0526. The molecule has 0 atom stereocenters. The zero-order chi connectivity index (χ0) is 16.0. The molecular formula is C19H12N2O2. The lowest BCUT2D eigenvalue weighted by Gasteiger charge is -2.18. The molecular weight excluding hydrogens is 288 g/mol. The van der Waals surface area contributed by atoms with E-state index in [1.807, 2.05) is 30.3 Å². The minimum absolute atomic E-state index is 0.188. The van der Waals surface area contributed by atoms with Gasteiger partial charge in [0.15, 0.2) is 11.6 Å². The number of fused-ring (bicyclic) bond motifs is 2. The third-order valence-electron chi connectivity index (χ3n) is 3.98. The van der Waals surface area contributed by atoms with Gasteiger partial charge in [0.1, 0.15) is 5.69 Å². The van der Waals surface area contributed by atoms with Gasteiger partial charge in [-0.1, -0.05) is 54.6 Å². The number of ketones is 2. The number of hydrogen-bond donors (Lipinski definition) is 0. The van der Waals surface area contributed by atoms with Gasteiger partial charge in [-0.3, -0.25) is 9.59 Å². The Morgan fingerprint density at radius 3 is 2.04 bits per heavy atom. The van der Waals surface area contributed by atoms with Gasteiger partial charge in [0.25, 0.3) is 0 Å². The monoisotopic (exact) mass is 300 g/mol. The van der Waals surface area contributed by atoms with E-state index in [-0.39, 0.29) is 17.3 Å². The number of benzene rings is 2. The highest BCUT2D eigenvalue weighted by molar-refractivity contribution is 6.28. The van der Waals surface area contributed by atoms with Gasteiger partial charge in [0.2, 0.25) is 5.78 Å². The Morgan fingerprint density at radius 2 is 1.35 bits per heavy atom. The Hall–Kier alpha value is -3.14. The van der Waals surface area contributed by atoms with Crippen LogP contribution in [0.1, 0.15) is 37.7 Å². The third-order valence-corrected chi connectivity index (χ3v) is 3.98. The summed E-state index contributed by atoms with van der Waals surface area (Å²) in [5, 5.41) is 0. The van der Waals surface area contributed by atoms with Crippen LogP contribution in [-0.4, -0.2) is 21.5 Å². The van der Waals surface area contributed by atoms with Crippen molar-refractivity contribution in [3.8, 4) is 11.4 Å². The predicted molar refractivity (Wildman–Crippen MR) is 85.5 cm³/mol. The maximum absolute atomic E-state index is 12.7. The number of rotatable bonds is 1. The molecule has 4 heteroatoms. The summed E-state index contributed by atoms with van der Waals surface area (Å²) in [7, 11) is 0. The lowest BCUT2D eigenvalue weighted by Crippen LogP contribution is -2.24. The van der Waals surface area contributed by atoms with Gasteiger partial charge in [-0.2, -0.15) is 0 Å². The molecule has 0 saturated heterocycles. The van der Waals surface area contributed by atoms with Crippen LogP contribution in [0.15, 0.2) is 54.6 Å². The van der Waals surface area contributed by atoms with Crippen molar-refractivity contribution in [2.24, 2.45) is 0 Å². The maximum atomic E-state index is 12.7. The van der Waals surface area contributed by atoms with E-state index in [9.17, 15) is 9.59 Å². The molecule has 0 aliphatic heterocycles. The van der Waals surface area contributed by atoms with E-state index >= 15 is 0 Å². The SMILES string of the molecule is Cc1nc(-c2ccccc2)nc2c1C(=O)c1ccccc1C2=O. The topological polar surface area (TPSA) is 59.9 Å². The van der Waals surface area contributed by atoms with Crippen molar-refractivity contribution in [2.45, 2.75) is 6.92 Å². The number of hydrogen-bond acceptors (Lipinski definition) is 4. The molecule has 0 spiro atoms. The number of carbonyl (C=O) groups is 2. The van der Waals surface area contributed by atoms with Crippen molar-refractivity contribution in [1.82, 2.24) is 9.97 Å². The molecule has 4 nitrogen and oxygen atoms in total. The molecule has 0 radical (unpaired) electrons. The van der Waals surface area contributed by atoms with Crippen LogP contribution in [0.25, 0.3) is 11.4 Å². The molecule has 4 rings (SSSR count). The number of nitrogens with zero attached hydrogens (tertiary/aromatic N) is 2.